The van der Waals surface area contributed by atoms with E-state index in [1.54, 1.807) is 0 Å². The molecule has 0 spiro atoms. The molecule has 0 aromatic heterocycles. The van der Waals surface area contributed by atoms with E-state index in [1.807, 2.05) is 0 Å². The second-order valence-electron chi connectivity index (χ2n) is 4.65. The highest BCUT2D eigenvalue weighted by Crippen LogP contribution is 2.37. The van der Waals surface area contributed by atoms with Crippen LogP contribution in [0.3, 0.4) is 0 Å². The molecule has 0 saturated carbocycles. The first kappa shape index (κ1) is 15.0. The van der Waals surface area contributed by atoms with Crippen molar-refractivity contribution >= 4 is 11.7 Å². The quantitative estimate of drug-likeness (QED) is 0.512. The Kier molecular flexibility index (Phi) is 4.21. The lowest BCUT2D eigenvalue weighted by atomic mass is 9.80. The molecule has 1 aromatic carbocycles. The molecule has 6 nitrogen and oxygen atoms in total. The highest BCUT2D eigenvalue weighted by Gasteiger charge is 2.39. The Balaban J connectivity index is 3.30. The molecule has 19 heavy (non-hydrogen) atoms. The van der Waals surface area contributed by atoms with Gasteiger partial charge in [-0.25, -0.2) is 4.39 Å². The Bertz CT molecular complexity index is 516. The number of nitrogens with two attached hydrogens (primary N) is 1. The van der Waals surface area contributed by atoms with E-state index in [4.69, 9.17) is 5.73 Å². The van der Waals surface area contributed by atoms with Crippen molar-refractivity contribution in [3.63, 3.8) is 0 Å². The minimum absolute atomic E-state index is 0.0850. The number of benzene rings is 1. The van der Waals surface area contributed by atoms with Crippen LogP contribution in [0.25, 0.3) is 0 Å². The molecule has 0 amide bonds. The summed E-state index contributed by atoms with van der Waals surface area (Å²) in [5.74, 6) is -1.34. The van der Waals surface area contributed by atoms with E-state index in [-0.39, 0.29) is 5.56 Å². The van der Waals surface area contributed by atoms with Gasteiger partial charge in [0, 0.05) is 5.56 Å². The number of methoxy groups -OCH3 is 1. The molecule has 0 aliphatic rings. The summed E-state index contributed by atoms with van der Waals surface area (Å²) in [5, 5.41) is 10.9. The molecule has 0 heterocycles. The SMILES string of the molecule is COC(=O)C(C)(C)[C@H](N)c1ccc(F)cc1[N+](=O)[O-]. The number of ether oxygens (including phenoxy) is 1. The molecule has 104 valence electrons. The number of hydrogen-bond acceptors (Lipinski definition) is 5. The average molecular weight is 270 g/mol. The lowest BCUT2D eigenvalue weighted by Crippen LogP contribution is -2.37. The topological polar surface area (TPSA) is 95.5 Å². The van der Waals surface area contributed by atoms with Crippen LogP contribution in [-0.2, 0) is 9.53 Å². The molecule has 0 aliphatic heterocycles. The van der Waals surface area contributed by atoms with Gasteiger partial charge in [-0.1, -0.05) is 0 Å². The van der Waals surface area contributed by atoms with Gasteiger partial charge < -0.3 is 10.5 Å². The number of nitro benzene ring substituents is 1. The van der Waals surface area contributed by atoms with E-state index >= 15 is 0 Å². The van der Waals surface area contributed by atoms with Gasteiger partial charge in [0.25, 0.3) is 5.69 Å². The summed E-state index contributed by atoms with van der Waals surface area (Å²) in [6.45, 7) is 3.02. The van der Waals surface area contributed by atoms with E-state index in [1.165, 1.54) is 27.0 Å². The third-order valence-electron chi connectivity index (χ3n) is 3.01. The molecule has 1 atom stereocenters. The average Bonchev–Trinajstić information content (AvgIpc) is 2.36. The van der Waals surface area contributed by atoms with E-state index < -0.39 is 33.9 Å². The van der Waals surface area contributed by atoms with E-state index in [0.29, 0.717) is 0 Å². The van der Waals surface area contributed by atoms with Gasteiger partial charge in [-0.05, 0) is 26.0 Å². The van der Waals surface area contributed by atoms with Gasteiger partial charge in [0.1, 0.15) is 5.82 Å². The first-order valence-electron chi connectivity index (χ1n) is 5.49. The molecule has 7 heteroatoms. The number of nitro groups is 1. The molecule has 1 rings (SSSR count). The van der Waals surface area contributed by atoms with Crippen LogP contribution in [0.1, 0.15) is 25.5 Å². The van der Waals surface area contributed by atoms with Crippen molar-refractivity contribution in [3.8, 4) is 0 Å². The Hall–Kier alpha value is -2.02. The van der Waals surface area contributed by atoms with Crippen molar-refractivity contribution in [1.29, 1.82) is 0 Å². The van der Waals surface area contributed by atoms with Crippen LogP contribution in [0.15, 0.2) is 18.2 Å². The van der Waals surface area contributed by atoms with Crippen LogP contribution < -0.4 is 5.73 Å². The number of nitrogens with zero attached hydrogens (tertiary/aromatic N) is 1. The molecule has 0 unspecified atom stereocenters. The summed E-state index contributed by atoms with van der Waals surface area (Å²) in [5.41, 5.74) is 4.37. The number of carbonyl (C=O) groups is 1. The Morgan fingerprint density at radius 3 is 2.58 bits per heavy atom. The zero-order chi connectivity index (χ0) is 14.8. The van der Waals surface area contributed by atoms with Crippen molar-refractivity contribution in [3.05, 3.63) is 39.7 Å². The largest absolute Gasteiger partial charge is 0.469 e. The predicted octanol–water partition coefficient (Wildman–Crippen LogP) is 1.93. The number of halogens is 1. The smallest absolute Gasteiger partial charge is 0.313 e. The maximum atomic E-state index is 13.1. The zero-order valence-corrected chi connectivity index (χ0v) is 10.8. The van der Waals surface area contributed by atoms with Gasteiger partial charge in [-0.3, -0.25) is 14.9 Å². The summed E-state index contributed by atoms with van der Waals surface area (Å²) in [7, 11) is 1.20. The minimum atomic E-state index is -1.17. The maximum Gasteiger partial charge on any atom is 0.313 e. The van der Waals surface area contributed by atoms with Gasteiger partial charge in [0.15, 0.2) is 0 Å². The van der Waals surface area contributed by atoms with Gasteiger partial charge in [-0.2, -0.15) is 0 Å². The molecule has 0 saturated heterocycles. The fourth-order valence-corrected chi connectivity index (χ4v) is 1.72. The molecule has 0 bridgehead atoms. The lowest BCUT2D eigenvalue weighted by molar-refractivity contribution is -0.386. The van der Waals surface area contributed by atoms with Crippen molar-refractivity contribution in [2.75, 3.05) is 7.11 Å². The van der Waals surface area contributed by atoms with Crippen molar-refractivity contribution in [2.45, 2.75) is 19.9 Å². The van der Waals surface area contributed by atoms with Gasteiger partial charge >= 0.3 is 5.97 Å². The fourth-order valence-electron chi connectivity index (χ4n) is 1.72. The fraction of sp³-hybridized carbons (Fsp3) is 0.417. The van der Waals surface area contributed by atoms with E-state index in [2.05, 4.69) is 4.74 Å². The van der Waals surface area contributed by atoms with Crippen LogP contribution in [-0.4, -0.2) is 18.0 Å². The number of carbonyl (C=O) groups excluding carboxylic acids is 1. The third kappa shape index (κ3) is 2.87. The second-order valence-corrected chi connectivity index (χ2v) is 4.65. The van der Waals surface area contributed by atoms with E-state index in [9.17, 15) is 19.3 Å². The Morgan fingerprint density at radius 2 is 2.11 bits per heavy atom. The van der Waals surface area contributed by atoms with Crippen LogP contribution in [0.4, 0.5) is 10.1 Å². The lowest BCUT2D eigenvalue weighted by Gasteiger charge is -2.28. The summed E-state index contributed by atoms with van der Waals surface area (Å²) in [4.78, 5) is 21.8. The molecular formula is C12H15FN2O4. The van der Waals surface area contributed by atoms with Crippen molar-refractivity contribution < 1.29 is 18.8 Å². The molecule has 0 aliphatic carbocycles. The second kappa shape index (κ2) is 5.31. The first-order valence-corrected chi connectivity index (χ1v) is 5.49. The molecular weight excluding hydrogens is 255 g/mol. The van der Waals surface area contributed by atoms with Crippen LogP contribution in [0, 0.1) is 21.3 Å². The van der Waals surface area contributed by atoms with Crippen LogP contribution >= 0.6 is 0 Å². The highest BCUT2D eigenvalue weighted by molar-refractivity contribution is 5.77. The maximum absolute atomic E-state index is 13.1. The summed E-state index contributed by atoms with van der Waals surface area (Å²) in [6, 6.07) is 2.07. The first-order chi connectivity index (χ1) is 8.71. The van der Waals surface area contributed by atoms with Gasteiger partial charge in [-0.15, -0.1) is 0 Å². The Morgan fingerprint density at radius 1 is 1.53 bits per heavy atom. The molecule has 1 aromatic rings. The number of rotatable bonds is 4. The molecule has 2 N–H and O–H groups in total. The van der Waals surface area contributed by atoms with Gasteiger partial charge in [0.05, 0.1) is 29.6 Å². The standard InChI is InChI=1S/C12H15FN2O4/c1-12(2,11(16)19-3)10(14)8-5-4-7(13)6-9(8)15(17)18/h4-6,10H,14H2,1-3H3/t10-/m1/s1. The Labute approximate surface area is 109 Å². The summed E-state index contributed by atoms with van der Waals surface area (Å²) < 4.78 is 17.7. The molecule has 0 radical (unpaired) electrons. The van der Waals surface area contributed by atoms with Crippen LogP contribution in [0.2, 0.25) is 0 Å². The van der Waals surface area contributed by atoms with Crippen molar-refractivity contribution in [1.82, 2.24) is 0 Å². The minimum Gasteiger partial charge on any atom is -0.469 e. The predicted molar refractivity (Wildman–Crippen MR) is 65.8 cm³/mol. The monoisotopic (exact) mass is 270 g/mol. The normalized spacial score (nSPS) is 12.9. The van der Waals surface area contributed by atoms with Crippen LogP contribution in [0.5, 0.6) is 0 Å². The molecule has 0 fully saturated rings. The summed E-state index contributed by atoms with van der Waals surface area (Å²) in [6.07, 6.45) is 0. The number of hydrogen-bond donors (Lipinski definition) is 1. The number of esters is 1. The zero-order valence-electron chi connectivity index (χ0n) is 10.8. The highest BCUT2D eigenvalue weighted by atomic mass is 19.1. The van der Waals surface area contributed by atoms with E-state index in [0.717, 1.165) is 12.1 Å². The summed E-state index contributed by atoms with van der Waals surface area (Å²) >= 11 is 0. The van der Waals surface area contributed by atoms with Crippen molar-refractivity contribution in [2.24, 2.45) is 11.1 Å². The van der Waals surface area contributed by atoms with Gasteiger partial charge in [0.2, 0.25) is 0 Å². The third-order valence-corrected chi connectivity index (χ3v) is 3.01.